The number of amides is 2. The van der Waals surface area contributed by atoms with E-state index in [0.29, 0.717) is 35.1 Å². The van der Waals surface area contributed by atoms with E-state index < -0.39 is 35.0 Å². The summed E-state index contributed by atoms with van der Waals surface area (Å²) in [6, 6.07) is 3.92. The molecule has 13 heteroatoms. The SMILES string of the molecule is [2H]C(C)(NC(=O)c1cc(-c2ccc3nc(NC(C)=O)cn3n2)cnc1OC)c1cc(C(F)(F)F)ccc1F. The molecule has 0 bridgehead atoms. The van der Waals surface area contributed by atoms with Gasteiger partial charge in [0.05, 0.1) is 32.0 Å². The van der Waals surface area contributed by atoms with Crippen molar-refractivity contribution in [1.82, 2.24) is 24.9 Å². The van der Waals surface area contributed by atoms with Crippen molar-refractivity contribution in [3.05, 3.63) is 71.3 Å². The van der Waals surface area contributed by atoms with Gasteiger partial charge in [0.2, 0.25) is 11.8 Å². The number of alkyl halides is 3. The lowest BCUT2D eigenvalue weighted by Crippen LogP contribution is -2.28. The molecule has 1 unspecified atom stereocenters. The first-order valence-corrected chi connectivity index (χ1v) is 10.7. The Morgan fingerprint density at radius 3 is 2.62 bits per heavy atom. The van der Waals surface area contributed by atoms with Gasteiger partial charge in [-0.25, -0.2) is 18.9 Å². The van der Waals surface area contributed by atoms with Crippen molar-refractivity contribution in [1.29, 1.82) is 0 Å². The molecule has 2 N–H and O–H groups in total. The molecular weight excluding hydrogens is 496 g/mol. The molecule has 1 atom stereocenters. The number of pyridine rings is 1. The van der Waals surface area contributed by atoms with Crippen LogP contribution in [0.1, 0.15) is 42.7 Å². The first-order valence-electron chi connectivity index (χ1n) is 11.2. The standard InChI is InChI=1S/C24H20F4N6O3/c1-12(16-9-15(24(26,27)28)4-5-18(16)25)30-22(36)17-8-14(10-29-23(17)37-3)19-6-7-21-32-20(31-13(2)35)11-34(21)33-19/h4-12H,1-3H3,(H,30,36)(H,31,35)/i12D. The zero-order chi connectivity index (χ0) is 27.8. The summed E-state index contributed by atoms with van der Waals surface area (Å²) in [6.45, 7) is 2.39. The molecule has 37 heavy (non-hydrogen) atoms. The fourth-order valence-electron chi connectivity index (χ4n) is 3.49. The largest absolute Gasteiger partial charge is 0.480 e. The molecule has 0 saturated carbocycles. The van der Waals surface area contributed by atoms with Gasteiger partial charge in [-0.15, -0.1) is 0 Å². The monoisotopic (exact) mass is 517 g/mol. The van der Waals surface area contributed by atoms with E-state index in [4.69, 9.17) is 6.11 Å². The number of carbonyl (C=O) groups is 2. The Labute approximate surface area is 208 Å². The fourth-order valence-corrected chi connectivity index (χ4v) is 3.49. The van der Waals surface area contributed by atoms with Gasteiger partial charge >= 0.3 is 6.18 Å². The number of imidazole rings is 1. The van der Waals surface area contributed by atoms with Crippen LogP contribution in [0.25, 0.3) is 16.9 Å². The number of nitrogens with one attached hydrogen (secondary N) is 2. The lowest BCUT2D eigenvalue weighted by Gasteiger charge is -2.18. The van der Waals surface area contributed by atoms with E-state index >= 15 is 0 Å². The summed E-state index contributed by atoms with van der Waals surface area (Å²) in [5.74, 6) is -2.20. The van der Waals surface area contributed by atoms with E-state index in [-0.39, 0.29) is 23.2 Å². The summed E-state index contributed by atoms with van der Waals surface area (Å²) in [6.07, 6.45) is -1.90. The Balaban J connectivity index is 1.67. The molecule has 0 saturated heterocycles. The van der Waals surface area contributed by atoms with Crippen molar-refractivity contribution in [2.45, 2.75) is 26.0 Å². The van der Waals surface area contributed by atoms with Crippen molar-refractivity contribution < 1.29 is 33.3 Å². The number of ether oxygens (including phenoxy) is 1. The summed E-state index contributed by atoms with van der Waals surface area (Å²) >= 11 is 0. The Hall–Kier alpha value is -4.55. The molecule has 0 radical (unpaired) electrons. The van der Waals surface area contributed by atoms with Gasteiger partial charge in [0.1, 0.15) is 11.4 Å². The molecule has 0 spiro atoms. The van der Waals surface area contributed by atoms with Crippen LogP contribution in [0.4, 0.5) is 23.4 Å². The number of fused-ring (bicyclic) bond motifs is 1. The number of hydrogen-bond donors (Lipinski definition) is 2. The number of benzene rings is 1. The molecule has 0 aliphatic rings. The molecule has 4 aromatic rings. The van der Waals surface area contributed by atoms with Crippen molar-refractivity contribution in [3.63, 3.8) is 0 Å². The van der Waals surface area contributed by atoms with Crippen LogP contribution in [0.15, 0.2) is 48.8 Å². The minimum absolute atomic E-state index is 0.136. The first kappa shape index (κ1) is 24.2. The van der Waals surface area contributed by atoms with Crippen LogP contribution in [0, 0.1) is 5.82 Å². The molecule has 3 aromatic heterocycles. The second-order valence-electron chi connectivity index (χ2n) is 7.88. The van der Waals surface area contributed by atoms with Crippen LogP contribution >= 0.6 is 0 Å². The molecule has 9 nitrogen and oxygen atoms in total. The van der Waals surface area contributed by atoms with Gasteiger partial charge < -0.3 is 15.4 Å². The third-order valence-electron chi connectivity index (χ3n) is 5.21. The number of hydrogen-bond acceptors (Lipinski definition) is 6. The maximum Gasteiger partial charge on any atom is 0.416 e. The van der Waals surface area contributed by atoms with Gasteiger partial charge in [0, 0.05) is 24.2 Å². The molecular formula is C24H20F4N6O3. The van der Waals surface area contributed by atoms with Crippen molar-refractivity contribution in [2.24, 2.45) is 0 Å². The van der Waals surface area contributed by atoms with E-state index in [0.717, 1.165) is 6.92 Å². The third-order valence-corrected chi connectivity index (χ3v) is 5.21. The fraction of sp³-hybridized carbons (Fsp3) is 0.208. The lowest BCUT2D eigenvalue weighted by atomic mass is 10.0. The van der Waals surface area contributed by atoms with Crippen molar-refractivity contribution >= 4 is 23.3 Å². The van der Waals surface area contributed by atoms with Gasteiger partial charge in [-0.1, -0.05) is 0 Å². The Kier molecular flexibility index (Phi) is 6.42. The van der Waals surface area contributed by atoms with Crippen LogP contribution in [-0.4, -0.2) is 38.5 Å². The molecule has 1 aromatic carbocycles. The quantitative estimate of drug-likeness (QED) is 0.367. The van der Waals surface area contributed by atoms with E-state index in [1.54, 1.807) is 12.1 Å². The number of nitrogens with zero attached hydrogens (tertiary/aromatic N) is 4. The van der Waals surface area contributed by atoms with Gasteiger partial charge in [0.25, 0.3) is 5.91 Å². The van der Waals surface area contributed by atoms with Crippen LogP contribution in [0.2, 0.25) is 0 Å². The highest BCUT2D eigenvalue weighted by atomic mass is 19.4. The third kappa shape index (κ3) is 5.50. The molecule has 0 fully saturated rings. The number of rotatable bonds is 6. The van der Waals surface area contributed by atoms with Gasteiger partial charge in [-0.2, -0.15) is 18.3 Å². The summed E-state index contributed by atoms with van der Waals surface area (Å²) in [5, 5.41) is 9.17. The normalized spacial score (nSPS) is 13.5. The number of aromatic nitrogens is 4. The Morgan fingerprint density at radius 1 is 1.19 bits per heavy atom. The summed E-state index contributed by atoms with van der Waals surface area (Å²) in [7, 11) is 1.25. The van der Waals surface area contributed by atoms with Gasteiger partial charge in [-0.05, 0) is 43.3 Å². The van der Waals surface area contributed by atoms with E-state index in [2.05, 4.69) is 25.7 Å². The smallest absolute Gasteiger partial charge is 0.416 e. The first-order chi connectivity index (χ1) is 17.8. The summed E-state index contributed by atoms with van der Waals surface area (Å²) < 4.78 is 68.8. The average molecular weight is 517 g/mol. The van der Waals surface area contributed by atoms with Crippen LogP contribution in [0.5, 0.6) is 5.88 Å². The predicted molar refractivity (Wildman–Crippen MR) is 124 cm³/mol. The lowest BCUT2D eigenvalue weighted by molar-refractivity contribution is -0.137. The minimum Gasteiger partial charge on any atom is -0.480 e. The predicted octanol–water partition coefficient (Wildman–Crippen LogP) is 4.41. The number of methoxy groups -OCH3 is 1. The highest BCUT2D eigenvalue weighted by Gasteiger charge is 2.32. The molecule has 0 aliphatic heterocycles. The number of carbonyl (C=O) groups excluding carboxylic acids is 2. The van der Waals surface area contributed by atoms with Crippen molar-refractivity contribution in [2.75, 3.05) is 12.4 Å². The Morgan fingerprint density at radius 2 is 1.95 bits per heavy atom. The van der Waals surface area contributed by atoms with Crippen LogP contribution in [-0.2, 0) is 11.0 Å². The summed E-state index contributed by atoms with van der Waals surface area (Å²) in [5.41, 5.74) is -0.862. The van der Waals surface area contributed by atoms with Crippen LogP contribution < -0.4 is 15.4 Å². The maximum absolute atomic E-state index is 14.4. The van der Waals surface area contributed by atoms with Crippen LogP contribution in [0.3, 0.4) is 0 Å². The van der Waals surface area contributed by atoms with E-state index in [9.17, 15) is 27.2 Å². The molecule has 4 rings (SSSR count). The second kappa shape index (κ2) is 9.84. The highest BCUT2D eigenvalue weighted by molar-refractivity contribution is 5.97. The zero-order valence-corrected chi connectivity index (χ0v) is 19.6. The van der Waals surface area contributed by atoms with E-state index in [1.165, 1.54) is 37.0 Å². The molecule has 0 aliphatic carbocycles. The summed E-state index contributed by atoms with van der Waals surface area (Å²) in [4.78, 5) is 32.7. The number of anilines is 1. The molecule has 192 valence electrons. The minimum atomic E-state index is -4.77. The Bertz CT molecular complexity index is 1550. The second-order valence-corrected chi connectivity index (χ2v) is 7.88. The zero-order valence-electron chi connectivity index (χ0n) is 20.6. The van der Waals surface area contributed by atoms with E-state index in [1.807, 2.05) is 0 Å². The molecule has 3 heterocycles. The maximum atomic E-state index is 14.4. The highest BCUT2D eigenvalue weighted by Crippen LogP contribution is 2.32. The number of halogens is 4. The van der Waals surface area contributed by atoms with Gasteiger partial charge in [-0.3, -0.25) is 9.59 Å². The topological polar surface area (TPSA) is 111 Å². The van der Waals surface area contributed by atoms with Gasteiger partial charge in [0.15, 0.2) is 11.5 Å². The van der Waals surface area contributed by atoms with Crippen molar-refractivity contribution in [3.8, 4) is 17.1 Å². The molecule has 2 amide bonds. The average Bonchev–Trinajstić information content (AvgIpc) is 3.23.